The Morgan fingerprint density at radius 1 is 1.27 bits per heavy atom. The van der Waals surface area contributed by atoms with Gasteiger partial charge in [0.05, 0.1) is 0 Å². The molecule has 82 valence electrons. The van der Waals surface area contributed by atoms with Crippen LogP contribution >= 0.6 is 0 Å². The van der Waals surface area contributed by atoms with Gasteiger partial charge in [0, 0.05) is 11.8 Å². The molecule has 0 heterocycles. The molecule has 2 heteroatoms. The summed E-state index contributed by atoms with van der Waals surface area (Å²) in [7, 11) is 0. The Labute approximate surface area is 91.7 Å². The second-order valence-corrected chi connectivity index (χ2v) is 4.07. The standard InChI is InChI=1S/C13H19NO/c1-9(2)5-6-15-13-8-12(14)10(3)7-11(13)4/h5,7-8H,6,14H2,1-4H3. The monoisotopic (exact) mass is 205 g/mol. The average molecular weight is 205 g/mol. The van der Waals surface area contributed by atoms with E-state index in [-0.39, 0.29) is 0 Å². The Kier molecular flexibility index (Phi) is 3.78. The first kappa shape index (κ1) is 11.6. The minimum Gasteiger partial charge on any atom is -0.489 e. The SMILES string of the molecule is CC(C)=CCOc1cc(N)c(C)cc1C. The summed E-state index contributed by atoms with van der Waals surface area (Å²) in [6.45, 7) is 8.75. The molecule has 1 rings (SSSR count). The second-order valence-electron chi connectivity index (χ2n) is 4.07. The Morgan fingerprint density at radius 3 is 2.53 bits per heavy atom. The molecular weight excluding hydrogens is 186 g/mol. The lowest BCUT2D eigenvalue weighted by molar-refractivity contribution is 0.359. The molecule has 0 aliphatic rings. The molecule has 0 saturated carbocycles. The predicted molar refractivity (Wildman–Crippen MR) is 65.3 cm³/mol. The van der Waals surface area contributed by atoms with E-state index in [1.54, 1.807) is 0 Å². The van der Waals surface area contributed by atoms with E-state index >= 15 is 0 Å². The lowest BCUT2D eigenvalue weighted by Gasteiger charge is -2.10. The van der Waals surface area contributed by atoms with Crippen LogP contribution in [-0.4, -0.2) is 6.61 Å². The predicted octanol–water partition coefficient (Wildman–Crippen LogP) is 3.23. The van der Waals surface area contributed by atoms with Crippen molar-refractivity contribution in [3.63, 3.8) is 0 Å². The first-order chi connectivity index (χ1) is 7.00. The van der Waals surface area contributed by atoms with Crippen molar-refractivity contribution < 1.29 is 4.74 Å². The minimum atomic E-state index is 0.603. The van der Waals surface area contributed by atoms with Gasteiger partial charge in [-0.25, -0.2) is 0 Å². The number of nitrogen functional groups attached to an aromatic ring is 1. The highest BCUT2D eigenvalue weighted by Crippen LogP contribution is 2.24. The van der Waals surface area contributed by atoms with Crippen molar-refractivity contribution >= 4 is 5.69 Å². The Morgan fingerprint density at radius 2 is 1.93 bits per heavy atom. The minimum absolute atomic E-state index is 0.603. The fourth-order valence-corrected chi connectivity index (χ4v) is 1.30. The van der Waals surface area contributed by atoms with Gasteiger partial charge in [0.25, 0.3) is 0 Å². The van der Waals surface area contributed by atoms with Crippen LogP contribution in [-0.2, 0) is 0 Å². The Bertz CT molecular complexity index is 376. The van der Waals surface area contributed by atoms with Crippen LogP contribution < -0.4 is 10.5 Å². The maximum Gasteiger partial charge on any atom is 0.124 e. The van der Waals surface area contributed by atoms with E-state index in [0.717, 1.165) is 22.6 Å². The quantitative estimate of drug-likeness (QED) is 0.607. The summed E-state index contributed by atoms with van der Waals surface area (Å²) in [6, 6.07) is 3.94. The van der Waals surface area contributed by atoms with Crippen LogP contribution in [0.5, 0.6) is 5.75 Å². The number of rotatable bonds is 3. The highest BCUT2D eigenvalue weighted by atomic mass is 16.5. The zero-order valence-corrected chi connectivity index (χ0v) is 9.92. The van der Waals surface area contributed by atoms with E-state index in [2.05, 4.69) is 19.9 Å². The van der Waals surface area contributed by atoms with Gasteiger partial charge in [-0.05, 0) is 44.9 Å². The molecule has 0 aromatic heterocycles. The van der Waals surface area contributed by atoms with Crippen molar-refractivity contribution in [2.24, 2.45) is 0 Å². The molecule has 15 heavy (non-hydrogen) atoms. The molecule has 0 radical (unpaired) electrons. The molecule has 0 aliphatic carbocycles. The number of anilines is 1. The molecule has 2 nitrogen and oxygen atoms in total. The molecule has 0 unspecified atom stereocenters. The topological polar surface area (TPSA) is 35.2 Å². The molecule has 0 bridgehead atoms. The van der Waals surface area contributed by atoms with Crippen LogP contribution in [0.2, 0.25) is 0 Å². The molecule has 1 aromatic rings. The molecule has 0 aliphatic heterocycles. The van der Waals surface area contributed by atoms with Crippen molar-refractivity contribution in [1.82, 2.24) is 0 Å². The number of benzene rings is 1. The number of allylic oxidation sites excluding steroid dienone is 1. The number of ether oxygens (including phenoxy) is 1. The molecule has 0 fully saturated rings. The zero-order valence-electron chi connectivity index (χ0n) is 9.92. The van der Waals surface area contributed by atoms with E-state index in [9.17, 15) is 0 Å². The maximum atomic E-state index is 5.83. The number of hydrogen-bond donors (Lipinski definition) is 1. The number of aryl methyl sites for hydroxylation is 2. The smallest absolute Gasteiger partial charge is 0.124 e. The van der Waals surface area contributed by atoms with Crippen LogP contribution in [0.25, 0.3) is 0 Å². The van der Waals surface area contributed by atoms with Crippen molar-refractivity contribution in [1.29, 1.82) is 0 Å². The van der Waals surface area contributed by atoms with Crippen LogP contribution in [0.15, 0.2) is 23.8 Å². The van der Waals surface area contributed by atoms with E-state index in [0.29, 0.717) is 6.61 Å². The summed E-state index contributed by atoms with van der Waals surface area (Å²) in [4.78, 5) is 0. The summed E-state index contributed by atoms with van der Waals surface area (Å²) in [5, 5.41) is 0. The van der Waals surface area contributed by atoms with Crippen LogP contribution in [0.3, 0.4) is 0 Å². The molecule has 2 N–H and O–H groups in total. The third-order valence-corrected chi connectivity index (χ3v) is 2.29. The largest absolute Gasteiger partial charge is 0.489 e. The van der Waals surface area contributed by atoms with Crippen molar-refractivity contribution in [3.8, 4) is 5.75 Å². The lowest BCUT2D eigenvalue weighted by atomic mass is 10.1. The molecule has 0 spiro atoms. The van der Waals surface area contributed by atoms with Gasteiger partial charge in [-0.15, -0.1) is 0 Å². The van der Waals surface area contributed by atoms with Gasteiger partial charge in [-0.1, -0.05) is 11.6 Å². The molecule has 0 amide bonds. The van der Waals surface area contributed by atoms with Gasteiger partial charge in [0.15, 0.2) is 0 Å². The summed E-state index contributed by atoms with van der Waals surface area (Å²) >= 11 is 0. The van der Waals surface area contributed by atoms with Gasteiger partial charge in [0.2, 0.25) is 0 Å². The number of nitrogens with two attached hydrogens (primary N) is 1. The third kappa shape index (κ3) is 3.31. The van der Waals surface area contributed by atoms with E-state index in [4.69, 9.17) is 10.5 Å². The summed E-state index contributed by atoms with van der Waals surface area (Å²) < 4.78 is 5.63. The highest BCUT2D eigenvalue weighted by molar-refractivity contribution is 5.54. The Balaban J connectivity index is 2.77. The molecule has 0 atom stereocenters. The summed E-state index contributed by atoms with van der Waals surface area (Å²) in [6.07, 6.45) is 2.05. The average Bonchev–Trinajstić information content (AvgIpc) is 2.13. The Hall–Kier alpha value is -1.44. The van der Waals surface area contributed by atoms with E-state index in [1.165, 1.54) is 5.57 Å². The summed E-state index contributed by atoms with van der Waals surface area (Å²) in [5.41, 5.74) is 10.1. The van der Waals surface area contributed by atoms with Crippen molar-refractivity contribution in [2.45, 2.75) is 27.7 Å². The van der Waals surface area contributed by atoms with Crippen molar-refractivity contribution in [2.75, 3.05) is 12.3 Å². The fraction of sp³-hybridized carbons (Fsp3) is 0.385. The van der Waals surface area contributed by atoms with Gasteiger partial charge in [0.1, 0.15) is 12.4 Å². The first-order valence-corrected chi connectivity index (χ1v) is 5.13. The van der Waals surface area contributed by atoms with Crippen LogP contribution in [0.1, 0.15) is 25.0 Å². The zero-order chi connectivity index (χ0) is 11.4. The fourth-order valence-electron chi connectivity index (χ4n) is 1.30. The first-order valence-electron chi connectivity index (χ1n) is 5.13. The third-order valence-electron chi connectivity index (χ3n) is 2.29. The molecule has 1 aromatic carbocycles. The van der Waals surface area contributed by atoms with Gasteiger partial charge in [-0.2, -0.15) is 0 Å². The normalized spacial score (nSPS) is 9.87. The maximum absolute atomic E-state index is 5.83. The van der Waals surface area contributed by atoms with Gasteiger partial charge in [-0.3, -0.25) is 0 Å². The lowest BCUT2D eigenvalue weighted by Crippen LogP contribution is -1.99. The van der Waals surface area contributed by atoms with E-state index < -0.39 is 0 Å². The molecule has 0 saturated heterocycles. The molecular formula is C13H19NO. The van der Waals surface area contributed by atoms with Crippen LogP contribution in [0, 0.1) is 13.8 Å². The van der Waals surface area contributed by atoms with Gasteiger partial charge < -0.3 is 10.5 Å². The summed E-state index contributed by atoms with van der Waals surface area (Å²) in [5.74, 6) is 0.871. The van der Waals surface area contributed by atoms with Gasteiger partial charge >= 0.3 is 0 Å². The van der Waals surface area contributed by atoms with E-state index in [1.807, 2.05) is 26.0 Å². The number of hydrogen-bond acceptors (Lipinski definition) is 2. The highest BCUT2D eigenvalue weighted by Gasteiger charge is 2.02. The van der Waals surface area contributed by atoms with Crippen LogP contribution in [0.4, 0.5) is 5.69 Å². The second kappa shape index (κ2) is 4.87. The van der Waals surface area contributed by atoms with Crippen molar-refractivity contribution in [3.05, 3.63) is 34.9 Å².